The van der Waals surface area contributed by atoms with E-state index in [0.717, 1.165) is 17.7 Å². The smallest absolute Gasteiger partial charge is 0.123 e. The Bertz CT molecular complexity index is 493. The summed E-state index contributed by atoms with van der Waals surface area (Å²) in [6.45, 7) is 0.486. The highest BCUT2D eigenvalue weighted by molar-refractivity contribution is 5.22. The average Bonchev–Trinajstić information content (AvgIpc) is 2.72. The van der Waals surface area contributed by atoms with Crippen molar-refractivity contribution in [2.24, 2.45) is 12.8 Å². The van der Waals surface area contributed by atoms with Crippen molar-refractivity contribution in [1.29, 1.82) is 0 Å². The summed E-state index contributed by atoms with van der Waals surface area (Å²) in [5.74, 6) is -0.109. The molecule has 17 heavy (non-hydrogen) atoms. The largest absolute Gasteiger partial charge is 0.330 e. The molecule has 0 bridgehead atoms. The van der Waals surface area contributed by atoms with Crippen LogP contribution in [0.2, 0.25) is 0 Å². The zero-order chi connectivity index (χ0) is 12.3. The molecule has 0 spiro atoms. The summed E-state index contributed by atoms with van der Waals surface area (Å²) in [6, 6.07) is 8.57. The Balaban J connectivity index is 2.16. The molecule has 0 saturated heterocycles. The fourth-order valence-corrected chi connectivity index (χ4v) is 1.92. The van der Waals surface area contributed by atoms with Gasteiger partial charge < -0.3 is 5.73 Å². The standard InChI is InChI=1S/C13H16FN3/c1-17-6-5-13(16-17)8-11(9-15)10-3-2-4-12(14)7-10/h2-7,11H,8-9,15H2,1H3. The highest BCUT2D eigenvalue weighted by atomic mass is 19.1. The molecule has 4 heteroatoms. The number of hydrogen-bond donors (Lipinski definition) is 1. The van der Waals surface area contributed by atoms with Gasteiger partial charge in [-0.2, -0.15) is 5.10 Å². The first-order valence-electron chi connectivity index (χ1n) is 5.63. The van der Waals surface area contributed by atoms with E-state index in [0.29, 0.717) is 6.54 Å². The molecule has 0 aliphatic carbocycles. The van der Waals surface area contributed by atoms with Crippen LogP contribution in [0.1, 0.15) is 17.2 Å². The molecule has 2 aromatic rings. The molecule has 0 aliphatic heterocycles. The minimum Gasteiger partial charge on any atom is -0.330 e. The third-order valence-corrected chi connectivity index (χ3v) is 2.83. The van der Waals surface area contributed by atoms with Crippen LogP contribution in [0.3, 0.4) is 0 Å². The molecule has 1 atom stereocenters. The second-order valence-corrected chi connectivity index (χ2v) is 4.17. The molecular formula is C13H16FN3. The minimum absolute atomic E-state index is 0.112. The average molecular weight is 233 g/mol. The molecule has 1 aromatic carbocycles. The number of nitrogens with zero attached hydrogens (tertiary/aromatic N) is 2. The summed E-state index contributed by atoms with van der Waals surface area (Å²) in [4.78, 5) is 0. The van der Waals surface area contributed by atoms with Gasteiger partial charge in [-0.15, -0.1) is 0 Å². The van der Waals surface area contributed by atoms with Crippen LogP contribution < -0.4 is 5.73 Å². The topological polar surface area (TPSA) is 43.8 Å². The van der Waals surface area contributed by atoms with E-state index in [2.05, 4.69) is 5.10 Å². The molecular weight excluding hydrogens is 217 g/mol. The van der Waals surface area contributed by atoms with Gasteiger partial charge in [0.25, 0.3) is 0 Å². The Hall–Kier alpha value is -1.68. The molecule has 1 aromatic heterocycles. The summed E-state index contributed by atoms with van der Waals surface area (Å²) < 4.78 is 14.9. The van der Waals surface area contributed by atoms with Crippen molar-refractivity contribution >= 4 is 0 Å². The van der Waals surface area contributed by atoms with Crippen LogP contribution in [0.5, 0.6) is 0 Å². The molecule has 0 fully saturated rings. The van der Waals surface area contributed by atoms with E-state index in [1.165, 1.54) is 6.07 Å². The number of hydrogen-bond acceptors (Lipinski definition) is 2. The Morgan fingerprint density at radius 1 is 1.41 bits per heavy atom. The van der Waals surface area contributed by atoms with Gasteiger partial charge in [-0.25, -0.2) is 4.39 Å². The Morgan fingerprint density at radius 3 is 2.82 bits per heavy atom. The quantitative estimate of drug-likeness (QED) is 0.875. The van der Waals surface area contributed by atoms with Crippen molar-refractivity contribution in [3.05, 3.63) is 53.6 Å². The maximum atomic E-state index is 13.1. The van der Waals surface area contributed by atoms with Crippen LogP contribution in [0.15, 0.2) is 36.5 Å². The van der Waals surface area contributed by atoms with Crippen molar-refractivity contribution < 1.29 is 4.39 Å². The highest BCUT2D eigenvalue weighted by Crippen LogP contribution is 2.19. The van der Waals surface area contributed by atoms with Crippen LogP contribution in [0, 0.1) is 5.82 Å². The van der Waals surface area contributed by atoms with Crippen molar-refractivity contribution in [1.82, 2.24) is 9.78 Å². The van der Waals surface area contributed by atoms with Crippen molar-refractivity contribution in [2.75, 3.05) is 6.54 Å². The first kappa shape index (κ1) is 11.8. The van der Waals surface area contributed by atoms with Gasteiger partial charge in [0.2, 0.25) is 0 Å². The predicted molar refractivity (Wildman–Crippen MR) is 65.1 cm³/mol. The molecule has 0 amide bonds. The van der Waals surface area contributed by atoms with Gasteiger partial charge in [-0.05, 0) is 36.7 Å². The van der Waals surface area contributed by atoms with Gasteiger partial charge in [-0.3, -0.25) is 4.68 Å². The van der Waals surface area contributed by atoms with E-state index in [9.17, 15) is 4.39 Å². The van der Waals surface area contributed by atoms with Crippen LogP contribution in [-0.2, 0) is 13.5 Å². The lowest BCUT2D eigenvalue weighted by Gasteiger charge is -2.13. The summed E-state index contributed by atoms with van der Waals surface area (Å²) >= 11 is 0. The number of aryl methyl sites for hydroxylation is 1. The second kappa shape index (κ2) is 5.10. The Kier molecular flexibility index (Phi) is 3.54. The summed E-state index contributed by atoms with van der Waals surface area (Å²) in [6.07, 6.45) is 2.63. The lowest BCUT2D eigenvalue weighted by molar-refractivity contribution is 0.613. The minimum atomic E-state index is -0.220. The lowest BCUT2D eigenvalue weighted by atomic mass is 9.94. The first-order chi connectivity index (χ1) is 8.19. The van der Waals surface area contributed by atoms with Gasteiger partial charge >= 0.3 is 0 Å². The zero-order valence-electron chi connectivity index (χ0n) is 9.81. The van der Waals surface area contributed by atoms with E-state index < -0.39 is 0 Å². The third-order valence-electron chi connectivity index (χ3n) is 2.83. The van der Waals surface area contributed by atoms with Crippen LogP contribution >= 0.6 is 0 Å². The molecule has 0 radical (unpaired) electrons. The maximum absolute atomic E-state index is 13.1. The van der Waals surface area contributed by atoms with Gasteiger partial charge in [-0.1, -0.05) is 12.1 Å². The lowest BCUT2D eigenvalue weighted by Crippen LogP contribution is -2.15. The van der Waals surface area contributed by atoms with Gasteiger partial charge in [0.15, 0.2) is 0 Å². The number of halogens is 1. The molecule has 0 aliphatic rings. The molecule has 0 saturated carbocycles. The van der Waals surface area contributed by atoms with Crippen molar-refractivity contribution in [3.8, 4) is 0 Å². The van der Waals surface area contributed by atoms with Crippen LogP contribution in [0.4, 0.5) is 4.39 Å². The highest BCUT2D eigenvalue weighted by Gasteiger charge is 2.12. The fourth-order valence-electron chi connectivity index (χ4n) is 1.92. The summed E-state index contributed by atoms with van der Waals surface area (Å²) in [5, 5.41) is 4.31. The van der Waals surface area contributed by atoms with E-state index in [1.54, 1.807) is 16.8 Å². The van der Waals surface area contributed by atoms with E-state index in [-0.39, 0.29) is 11.7 Å². The molecule has 1 heterocycles. The second-order valence-electron chi connectivity index (χ2n) is 4.17. The fraction of sp³-hybridized carbons (Fsp3) is 0.308. The molecule has 90 valence electrons. The van der Waals surface area contributed by atoms with Gasteiger partial charge in [0.05, 0.1) is 5.69 Å². The number of nitrogens with two attached hydrogens (primary N) is 1. The zero-order valence-corrected chi connectivity index (χ0v) is 9.81. The first-order valence-corrected chi connectivity index (χ1v) is 5.63. The normalized spacial score (nSPS) is 12.6. The Morgan fingerprint density at radius 2 is 2.24 bits per heavy atom. The SMILES string of the molecule is Cn1ccc(CC(CN)c2cccc(F)c2)n1. The van der Waals surface area contributed by atoms with Gasteiger partial charge in [0.1, 0.15) is 5.82 Å². The predicted octanol–water partition coefficient (Wildman–Crippen LogP) is 1.84. The third kappa shape index (κ3) is 2.91. The van der Waals surface area contributed by atoms with E-state index in [4.69, 9.17) is 5.73 Å². The van der Waals surface area contributed by atoms with Crippen LogP contribution in [0.25, 0.3) is 0 Å². The molecule has 2 N–H and O–H groups in total. The van der Waals surface area contributed by atoms with Crippen molar-refractivity contribution in [2.45, 2.75) is 12.3 Å². The monoisotopic (exact) mass is 233 g/mol. The number of rotatable bonds is 4. The van der Waals surface area contributed by atoms with E-state index >= 15 is 0 Å². The van der Waals surface area contributed by atoms with Crippen molar-refractivity contribution in [3.63, 3.8) is 0 Å². The van der Waals surface area contributed by atoms with E-state index in [1.807, 2.05) is 25.4 Å². The maximum Gasteiger partial charge on any atom is 0.123 e. The van der Waals surface area contributed by atoms with Crippen LogP contribution in [-0.4, -0.2) is 16.3 Å². The molecule has 2 rings (SSSR count). The molecule has 3 nitrogen and oxygen atoms in total. The summed E-state index contributed by atoms with van der Waals surface area (Å²) in [5.41, 5.74) is 7.66. The Labute approximate surface area is 100 Å². The molecule has 1 unspecified atom stereocenters. The summed E-state index contributed by atoms with van der Waals surface area (Å²) in [7, 11) is 1.88. The number of aromatic nitrogens is 2. The van der Waals surface area contributed by atoms with Gasteiger partial charge in [0, 0.05) is 19.2 Å². The number of benzene rings is 1.